The molecule has 3 rings (SSSR count). The van der Waals surface area contributed by atoms with E-state index < -0.39 is 6.04 Å². The first kappa shape index (κ1) is 14.6. The predicted molar refractivity (Wildman–Crippen MR) is 86.1 cm³/mol. The van der Waals surface area contributed by atoms with Crippen LogP contribution in [0.5, 0.6) is 0 Å². The van der Waals surface area contributed by atoms with Gasteiger partial charge in [-0.05, 0) is 30.3 Å². The largest absolute Gasteiger partial charge is 0.343 e. The number of aromatic nitrogens is 2. The summed E-state index contributed by atoms with van der Waals surface area (Å²) in [5.74, 6) is 1.10. The van der Waals surface area contributed by atoms with Gasteiger partial charge in [-0.1, -0.05) is 0 Å². The molecule has 7 heteroatoms. The minimum atomic E-state index is -0.481. The molecule has 1 atom stereocenters. The summed E-state index contributed by atoms with van der Waals surface area (Å²) in [6, 6.07) is 8.76. The molecule has 1 saturated heterocycles. The van der Waals surface area contributed by atoms with Crippen LogP contribution in [-0.2, 0) is 9.59 Å². The topological polar surface area (TPSA) is 76.0 Å². The predicted octanol–water partition coefficient (Wildman–Crippen LogP) is 1.43. The summed E-state index contributed by atoms with van der Waals surface area (Å²) < 4.78 is 1.74. The molecule has 2 aromatic rings. The number of thioether (sulfide) groups is 1. The van der Waals surface area contributed by atoms with Crippen LogP contribution < -0.4 is 10.6 Å². The van der Waals surface area contributed by atoms with Gasteiger partial charge in [0.15, 0.2) is 0 Å². The van der Waals surface area contributed by atoms with Crippen LogP contribution in [0.1, 0.15) is 6.42 Å². The summed E-state index contributed by atoms with van der Waals surface area (Å²) in [6.45, 7) is 0. The van der Waals surface area contributed by atoms with Crippen molar-refractivity contribution in [3.63, 3.8) is 0 Å². The van der Waals surface area contributed by atoms with Gasteiger partial charge >= 0.3 is 0 Å². The van der Waals surface area contributed by atoms with Crippen molar-refractivity contribution in [2.75, 3.05) is 16.8 Å². The van der Waals surface area contributed by atoms with Crippen molar-refractivity contribution in [3.05, 3.63) is 42.7 Å². The fraction of sp³-hybridized carbons (Fsp3) is 0.267. The number of carbonyl (C=O) groups excluding carboxylic acids is 2. The lowest BCUT2D eigenvalue weighted by Gasteiger charge is -2.15. The van der Waals surface area contributed by atoms with E-state index in [0.29, 0.717) is 17.9 Å². The molecule has 22 heavy (non-hydrogen) atoms. The summed E-state index contributed by atoms with van der Waals surface area (Å²) in [4.78, 5) is 23.7. The lowest BCUT2D eigenvalue weighted by Crippen LogP contribution is -2.44. The van der Waals surface area contributed by atoms with E-state index in [1.54, 1.807) is 22.6 Å². The van der Waals surface area contributed by atoms with Crippen LogP contribution in [0, 0.1) is 0 Å². The lowest BCUT2D eigenvalue weighted by molar-refractivity contribution is -0.125. The maximum absolute atomic E-state index is 12.2. The maximum atomic E-state index is 12.2. The van der Waals surface area contributed by atoms with Crippen molar-refractivity contribution in [1.82, 2.24) is 15.1 Å². The highest BCUT2D eigenvalue weighted by atomic mass is 32.2. The summed E-state index contributed by atoms with van der Waals surface area (Å²) in [7, 11) is 0. The first-order valence-electron chi connectivity index (χ1n) is 7.00. The summed E-state index contributed by atoms with van der Waals surface area (Å²) in [5, 5.41) is 9.73. The van der Waals surface area contributed by atoms with Crippen LogP contribution in [-0.4, -0.2) is 39.1 Å². The number of benzene rings is 1. The number of anilines is 1. The van der Waals surface area contributed by atoms with Crippen molar-refractivity contribution in [3.8, 4) is 5.69 Å². The average Bonchev–Trinajstić information content (AvgIpc) is 2.97. The molecule has 2 amide bonds. The third kappa shape index (κ3) is 3.48. The Morgan fingerprint density at radius 1 is 1.36 bits per heavy atom. The molecule has 1 aromatic heterocycles. The van der Waals surface area contributed by atoms with E-state index in [0.717, 1.165) is 11.4 Å². The van der Waals surface area contributed by atoms with E-state index in [1.807, 2.05) is 36.5 Å². The molecule has 1 fully saturated rings. The molecule has 0 spiro atoms. The van der Waals surface area contributed by atoms with E-state index in [9.17, 15) is 9.59 Å². The zero-order chi connectivity index (χ0) is 15.4. The van der Waals surface area contributed by atoms with Gasteiger partial charge in [0.2, 0.25) is 11.8 Å². The number of hydrogen-bond donors (Lipinski definition) is 2. The van der Waals surface area contributed by atoms with E-state index in [1.165, 1.54) is 0 Å². The highest BCUT2D eigenvalue weighted by molar-refractivity contribution is 7.99. The highest BCUT2D eigenvalue weighted by Gasteiger charge is 2.23. The maximum Gasteiger partial charge on any atom is 0.247 e. The second-order valence-electron chi connectivity index (χ2n) is 4.93. The molecule has 0 unspecified atom stereocenters. The van der Waals surface area contributed by atoms with Gasteiger partial charge < -0.3 is 10.6 Å². The molecule has 1 aromatic carbocycles. The molecule has 0 saturated carbocycles. The molecule has 2 heterocycles. The Balaban J connectivity index is 1.65. The van der Waals surface area contributed by atoms with Gasteiger partial charge in [-0.25, -0.2) is 4.68 Å². The Kier molecular flexibility index (Phi) is 4.43. The molecule has 114 valence electrons. The van der Waals surface area contributed by atoms with Gasteiger partial charge in [0.1, 0.15) is 6.04 Å². The summed E-state index contributed by atoms with van der Waals surface area (Å²) >= 11 is 1.61. The molecule has 1 aliphatic heterocycles. The first-order chi connectivity index (χ1) is 10.7. The van der Waals surface area contributed by atoms with E-state index in [4.69, 9.17) is 0 Å². The minimum absolute atomic E-state index is 0.0702. The zero-order valence-electron chi connectivity index (χ0n) is 11.9. The number of nitrogens with one attached hydrogen (secondary N) is 2. The van der Waals surface area contributed by atoms with Crippen LogP contribution >= 0.6 is 11.8 Å². The van der Waals surface area contributed by atoms with Crippen LogP contribution in [0.25, 0.3) is 5.69 Å². The van der Waals surface area contributed by atoms with Crippen LogP contribution in [0.3, 0.4) is 0 Å². The molecule has 0 radical (unpaired) electrons. The SMILES string of the molecule is O=C1CCSC[C@@H](C(=O)Nc2ccc(-n3cccn3)cc2)N1. The fourth-order valence-corrected chi connectivity index (χ4v) is 3.13. The Hall–Kier alpha value is -2.28. The monoisotopic (exact) mass is 316 g/mol. The van der Waals surface area contributed by atoms with Gasteiger partial charge in [-0.3, -0.25) is 9.59 Å². The molecular formula is C15H16N4O2S. The molecule has 0 bridgehead atoms. The van der Waals surface area contributed by atoms with Crippen LogP contribution in [0.4, 0.5) is 5.69 Å². The summed E-state index contributed by atoms with van der Waals surface area (Å²) in [6.07, 6.45) is 4.03. The number of nitrogens with zero attached hydrogens (tertiary/aromatic N) is 2. The summed E-state index contributed by atoms with van der Waals surface area (Å²) in [5.41, 5.74) is 1.62. The highest BCUT2D eigenvalue weighted by Crippen LogP contribution is 2.15. The Bertz CT molecular complexity index is 655. The molecule has 6 nitrogen and oxygen atoms in total. The van der Waals surface area contributed by atoms with Gasteiger partial charge in [0.05, 0.1) is 5.69 Å². The fourth-order valence-electron chi connectivity index (χ4n) is 2.16. The number of rotatable bonds is 3. The Labute approximate surface area is 132 Å². The Morgan fingerprint density at radius 3 is 2.91 bits per heavy atom. The zero-order valence-corrected chi connectivity index (χ0v) is 12.7. The van der Waals surface area contributed by atoms with Crippen molar-refractivity contribution in [1.29, 1.82) is 0 Å². The molecular weight excluding hydrogens is 300 g/mol. The second-order valence-corrected chi connectivity index (χ2v) is 6.08. The third-order valence-corrected chi connectivity index (χ3v) is 4.38. The number of hydrogen-bond acceptors (Lipinski definition) is 4. The van der Waals surface area contributed by atoms with Crippen molar-refractivity contribution < 1.29 is 9.59 Å². The quantitative estimate of drug-likeness (QED) is 0.898. The van der Waals surface area contributed by atoms with E-state index in [2.05, 4.69) is 15.7 Å². The van der Waals surface area contributed by atoms with Gasteiger partial charge in [-0.15, -0.1) is 0 Å². The first-order valence-corrected chi connectivity index (χ1v) is 8.16. The Morgan fingerprint density at radius 2 is 2.18 bits per heavy atom. The van der Waals surface area contributed by atoms with Crippen molar-refractivity contribution in [2.24, 2.45) is 0 Å². The third-order valence-electron chi connectivity index (χ3n) is 3.31. The van der Waals surface area contributed by atoms with E-state index >= 15 is 0 Å². The average molecular weight is 316 g/mol. The van der Waals surface area contributed by atoms with Crippen LogP contribution in [0.15, 0.2) is 42.7 Å². The number of carbonyl (C=O) groups is 2. The molecule has 2 N–H and O–H groups in total. The van der Waals surface area contributed by atoms with Gasteiger partial charge in [0.25, 0.3) is 0 Å². The second kappa shape index (κ2) is 6.65. The smallest absolute Gasteiger partial charge is 0.247 e. The van der Waals surface area contributed by atoms with E-state index in [-0.39, 0.29) is 11.8 Å². The van der Waals surface area contributed by atoms with Crippen molar-refractivity contribution in [2.45, 2.75) is 12.5 Å². The lowest BCUT2D eigenvalue weighted by atomic mass is 10.2. The standard InChI is InChI=1S/C15H16N4O2S/c20-14-6-9-22-10-13(18-14)15(21)17-11-2-4-12(5-3-11)19-8-1-7-16-19/h1-5,7-8,13H,6,9-10H2,(H,17,21)(H,18,20)/t13-/m0/s1. The normalized spacial score (nSPS) is 18.4. The molecule has 0 aliphatic carbocycles. The number of amides is 2. The van der Waals surface area contributed by atoms with Crippen LogP contribution in [0.2, 0.25) is 0 Å². The van der Waals surface area contributed by atoms with Crippen molar-refractivity contribution >= 4 is 29.3 Å². The van der Waals surface area contributed by atoms with Gasteiger partial charge in [0, 0.05) is 36.0 Å². The van der Waals surface area contributed by atoms with Gasteiger partial charge in [-0.2, -0.15) is 16.9 Å². The molecule has 1 aliphatic rings. The minimum Gasteiger partial charge on any atom is -0.343 e.